The Kier molecular flexibility index (Phi) is 2.47. The molecule has 1 spiro atoms. The first-order valence-corrected chi connectivity index (χ1v) is 6.39. The molecular weight excluding hydrogens is 230 g/mol. The molecule has 18 heavy (non-hydrogen) atoms. The van der Waals surface area contributed by atoms with Crippen LogP contribution in [0.15, 0.2) is 30.3 Å². The molecule has 0 amide bonds. The monoisotopic (exact) mass is 245 g/mol. The van der Waals surface area contributed by atoms with Gasteiger partial charge in [0.2, 0.25) is 6.04 Å². The minimum Gasteiger partial charge on any atom is -0.299 e. The molecule has 94 valence electrons. The lowest BCUT2D eigenvalue weighted by molar-refractivity contribution is -0.502. The Balaban J connectivity index is 1.99. The molecule has 3 rings (SSSR count). The third kappa shape index (κ3) is 1.41. The number of Topliss-reactive ketones (excluding diaryl/α,β-unsaturated/α-hetero) is 1. The number of ketones is 1. The molecule has 2 saturated carbocycles. The SMILES string of the molecule is O=C1CCCC[C@@]12[C@@H]([N+](=O)[O-])[C@@H]2c1ccccc1. The fourth-order valence-electron chi connectivity index (χ4n) is 3.59. The van der Waals surface area contributed by atoms with Crippen LogP contribution in [0.4, 0.5) is 0 Å². The summed E-state index contributed by atoms with van der Waals surface area (Å²) < 4.78 is 0. The second kappa shape index (κ2) is 3.90. The first-order valence-electron chi connectivity index (χ1n) is 6.39. The molecule has 2 fully saturated rings. The maximum atomic E-state index is 12.2. The van der Waals surface area contributed by atoms with Gasteiger partial charge in [0.15, 0.2) is 0 Å². The standard InChI is InChI=1S/C14H15NO3/c16-11-8-4-5-9-14(11)12(13(14)15(17)18)10-6-2-1-3-7-10/h1-3,6-7,12-13H,4-5,8-9H2/t12-,13-,14+/m0/s1. The smallest absolute Gasteiger partial charge is 0.234 e. The van der Waals surface area contributed by atoms with E-state index in [1.165, 1.54) is 0 Å². The summed E-state index contributed by atoms with van der Waals surface area (Å²) in [4.78, 5) is 23.1. The van der Waals surface area contributed by atoms with Gasteiger partial charge in [-0.3, -0.25) is 14.9 Å². The van der Waals surface area contributed by atoms with Gasteiger partial charge >= 0.3 is 0 Å². The summed E-state index contributed by atoms with van der Waals surface area (Å²) in [5.74, 6) is -0.106. The third-order valence-corrected chi connectivity index (χ3v) is 4.44. The molecule has 0 saturated heterocycles. The van der Waals surface area contributed by atoms with E-state index in [0.29, 0.717) is 12.8 Å². The predicted octanol–water partition coefficient (Wildman–Crippen LogP) is 2.56. The molecule has 2 aliphatic carbocycles. The van der Waals surface area contributed by atoms with E-state index >= 15 is 0 Å². The molecule has 1 aromatic rings. The predicted molar refractivity (Wildman–Crippen MR) is 65.9 cm³/mol. The number of carbonyl (C=O) groups is 1. The number of nitro groups is 1. The van der Waals surface area contributed by atoms with Crippen LogP contribution in [0.1, 0.15) is 37.2 Å². The Morgan fingerprint density at radius 1 is 1.22 bits per heavy atom. The molecule has 0 radical (unpaired) electrons. The van der Waals surface area contributed by atoms with Crippen molar-refractivity contribution in [2.45, 2.75) is 37.6 Å². The zero-order chi connectivity index (χ0) is 12.8. The Morgan fingerprint density at radius 2 is 1.94 bits per heavy atom. The van der Waals surface area contributed by atoms with Crippen LogP contribution in [-0.2, 0) is 4.79 Å². The normalized spacial score (nSPS) is 34.6. The highest BCUT2D eigenvalue weighted by Gasteiger charge is 2.77. The quantitative estimate of drug-likeness (QED) is 0.594. The van der Waals surface area contributed by atoms with Crippen LogP contribution in [0.25, 0.3) is 0 Å². The minimum absolute atomic E-state index is 0.101. The summed E-state index contributed by atoms with van der Waals surface area (Å²) >= 11 is 0. The van der Waals surface area contributed by atoms with Crippen LogP contribution >= 0.6 is 0 Å². The maximum Gasteiger partial charge on any atom is 0.234 e. The third-order valence-electron chi connectivity index (χ3n) is 4.44. The lowest BCUT2D eigenvalue weighted by Crippen LogP contribution is -2.27. The Bertz CT molecular complexity index is 499. The van der Waals surface area contributed by atoms with E-state index in [1.807, 2.05) is 30.3 Å². The number of carbonyl (C=O) groups excluding carboxylic acids is 1. The molecule has 0 aromatic heterocycles. The van der Waals surface area contributed by atoms with E-state index in [4.69, 9.17) is 0 Å². The van der Waals surface area contributed by atoms with Crippen molar-refractivity contribution in [1.82, 2.24) is 0 Å². The summed E-state index contributed by atoms with van der Waals surface area (Å²) in [6, 6.07) is 8.75. The molecule has 0 N–H and O–H groups in total. The largest absolute Gasteiger partial charge is 0.299 e. The number of rotatable bonds is 2. The van der Waals surface area contributed by atoms with Crippen LogP contribution in [0.3, 0.4) is 0 Å². The van der Waals surface area contributed by atoms with Gasteiger partial charge in [-0.25, -0.2) is 0 Å². The van der Waals surface area contributed by atoms with Crippen molar-refractivity contribution in [2.75, 3.05) is 0 Å². The van der Waals surface area contributed by atoms with Crippen LogP contribution in [0.5, 0.6) is 0 Å². The van der Waals surface area contributed by atoms with Gasteiger partial charge in [0.25, 0.3) is 0 Å². The fourth-order valence-corrected chi connectivity index (χ4v) is 3.59. The number of nitrogens with zero attached hydrogens (tertiary/aromatic N) is 1. The van der Waals surface area contributed by atoms with E-state index in [9.17, 15) is 14.9 Å². The zero-order valence-electron chi connectivity index (χ0n) is 10.0. The van der Waals surface area contributed by atoms with Crippen LogP contribution in [0.2, 0.25) is 0 Å². The van der Waals surface area contributed by atoms with E-state index in [-0.39, 0.29) is 16.6 Å². The summed E-state index contributed by atoms with van der Waals surface area (Å²) in [5.41, 5.74) is 0.248. The van der Waals surface area contributed by atoms with Crippen molar-refractivity contribution in [2.24, 2.45) is 5.41 Å². The Hall–Kier alpha value is -1.71. The molecular formula is C14H15NO3. The average molecular weight is 245 g/mol. The van der Waals surface area contributed by atoms with Gasteiger partial charge in [-0.05, 0) is 18.4 Å². The fraction of sp³-hybridized carbons (Fsp3) is 0.500. The molecule has 3 atom stereocenters. The minimum atomic E-state index is -0.701. The van der Waals surface area contributed by atoms with Gasteiger partial charge in [0, 0.05) is 11.3 Å². The highest BCUT2D eigenvalue weighted by Crippen LogP contribution is 2.65. The number of benzene rings is 1. The summed E-state index contributed by atoms with van der Waals surface area (Å²) in [5, 5.41) is 11.2. The van der Waals surface area contributed by atoms with Gasteiger partial charge in [-0.2, -0.15) is 0 Å². The zero-order valence-corrected chi connectivity index (χ0v) is 10.0. The summed E-state index contributed by atoms with van der Waals surface area (Å²) in [6.45, 7) is 0. The van der Waals surface area contributed by atoms with Crippen molar-refractivity contribution < 1.29 is 9.72 Å². The van der Waals surface area contributed by atoms with Gasteiger partial charge < -0.3 is 0 Å². The van der Waals surface area contributed by atoms with Crippen molar-refractivity contribution in [3.05, 3.63) is 46.0 Å². The van der Waals surface area contributed by atoms with Gasteiger partial charge in [0.1, 0.15) is 11.2 Å². The molecule has 4 nitrogen and oxygen atoms in total. The highest BCUT2D eigenvalue weighted by molar-refractivity contribution is 5.91. The molecule has 0 bridgehead atoms. The first-order chi connectivity index (χ1) is 8.68. The van der Waals surface area contributed by atoms with Crippen LogP contribution in [-0.4, -0.2) is 16.7 Å². The summed E-state index contributed by atoms with van der Waals surface area (Å²) in [7, 11) is 0. The first kappa shape index (κ1) is 11.4. The molecule has 0 unspecified atom stereocenters. The van der Waals surface area contributed by atoms with E-state index < -0.39 is 11.5 Å². The van der Waals surface area contributed by atoms with E-state index in [1.54, 1.807) is 0 Å². The number of hydrogen-bond acceptors (Lipinski definition) is 3. The van der Waals surface area contributed by atoms with Crippen LogP contribution in [0, 0.1) is 15.5 Å². The Labute approximate surface area is 105 Å². The molecule has 4 heteroatoms. The average Bonchev–Trinajstić information content (AvgIpc) is 3.04. The van der Waals surface area contributed by atoms with Crippen molar-refractivity contribution in [3.63, 3.8) is 0 Å². The molecule has 2 aliphatic rings. The van der Waals surface area contributed by atoms with Crippen LogP contribution < -0.4 is 0 Å². The van der Waals surface area contributed by atoms with E-state index in [0.717, 1.165) is 18.4 Å². The lowest BCUT2D eigenvalue weighted by atomic mass is 9.81. The van der Waals surface area contributed by atoms with Crippen molar-refractivity contribution in [1.29, 1.82) is 0 Å². The number of hydrogen-bond donors (Lipinski definition) is 0. The topological polar surface area (TPSA) is 60.2 Å². The Morgan fingerprint density at radius 3 is 2.56 bits per heavy atom. The van der Waals surface area contributed by atoms with Crippen molar-refractivity contribution in [3.8, 4) is 0 Å². The molecule has 0 aliphatic heterocycles. The molecule has 0 heterocycles. The van der Waals surface area contributed by atoms with Crippen molar-refractivity contribution >= 4 is 5.78 Å². The van der Waals surface area contributed by atoms with Gasteiger partial charge in [-0.1, -0.05) is 36.8 Å². The lowest BCUT2D eigenvalue weighted by Gasteiger charge is -2.19. The molecule has 1 aromatic carbocycles. The van der Waals surface area contributed by atoms with Gasteiger partial charge in [-0.15, -0.1) is 0 Å². The highest BCUT2D eigenvalue weighted by atomic mass is 16.6. The second-order valence-electron chi connectivity index (χ2n) is 5.29. The van der Waals surface area contributed by atoms with Gasteiger partial charge in [0.05, 0.1) is 5.92 Å². The summed E-state index contributed by atoms with van der Waals surface area (Å²) in [6.07, 6.45) is 3.00. The van der Waals surface area contributed by atoms with E-state index in [2.05, 4.69) is 0 Å². The maximum absolute atomic E-state index is 12.2. The second-order valence-corrected chi connectivity index (χ2v) is 5.29.